The zero-order chi connectivity index (χ0) is 6.91. The van der Waals surface area contributed by atoms with Crippen LogP contribution in [0.2, 0.25) is 0 Å². The van der Waals surface area contributed by atoms with Crippen LogP contribution in [0.15, 0.2) is 17.1 Å². The Morgan fingerprint density at radius 3 is 2.56 bits per heavy atom. The molecule has 1 atom stereocenters. The number of allylic oxidation sites excluding steroid dienone is 1. The van der Waals surface area contributed by atoms with Gasteiger partial charge in [0, 0.05) is 11.6 Å². The van der Waals surface area contributed by atoms with Gasteiger partial charge < -0.3 is 5.73 Å². The highest BCUT2D eigenvalue weighted by Gasteiger charge is 2.23. The van der Waals surface area contributed by atoms with Gasteiger partial charge in [-0.1, -0.05) is 19.9 Å². The van der Waals surface area contributed by atoms with E-state index in [0.717, 1.165) is 0 Å². The second kappa shape index (κ2) is 1.95. The minimum atomic E-state index is -0.0671. The van der Waals surface area contributed by atoms with Crippen molar-refractivity contribution in [3.05, 3.63) is 12.2 Å². The maximum absolute atomic E-state index is 5.66. The van der Waals surface area contributed by atoms with Crippen LogP contribution in [0.25, 0.3) is 0 Å². The molecule has 0 saturated heterocycles. The lowest BCUT2D eigenvalue weighted by molar-refractivity contribution is 0.379. The van der Waals surface area contributed by atoms with Gasteiger partial charge in [0.2, 0.25) is 0 Å². The summed E-state index contributed by atoms with van der Waals surface area (Å²) in [6, 6.07) is 0. The van der Waals surface area contributed by atoms with Crippen LogP contribution in [-0.2, 0) is 0 Å². The quantitative estimate of drug-likeness (QED) is 0.512. The lowest BCUT2D eigenvalue weighted by atomic mass is 9.88. The SMILES string of the molecule is CC1(C)C=CC=NC1N. The molecule has 50 valence electrons. The standard InChI is InChI=1S/C7H12N2/c1-7(2)4-3-5-9-6(7)8/h3-6H,8H2,1-2H3. The Balaban J connectivity index is 2.78. The highest BCUT2D eigenvalue weighted by atomic mass is 15.0. The summed E-state index contributed by atoms with van der Waals surface area (Å²) in [5.74, 6) is 0. The molecule has 0 bridgehead atoms. The molecule has 0 saturated carbocycles. The van der Waals surface area contributed by atoms with E-state index in [2.05, 4.69) is 24.9 Å². The van der Waals surface area contributed by atoms with Crippen LogP contribution in [0, 0.1) is 5.41 Å². The second-order valence-electron chi connectivity index (χ2n) is 2.92. The molecule has 1 rings (SSSR count). The third-order valence-corrected chi connectivity index (χ3v) is 1.62. The molecule has 2 nitrogen and oxygen atoms in total. The van der Waals surface area contributed by atoms with Crippen LogP contribution in [0.1, 0.15) is 13.8 Å². The Morgan fingerprint density at radius 2 is 2.22 bits per heavy atom. The molecule has 0 aromatic rings. The number of rotatable bonds is 0. The summed E-state index contributed by atoms with van der Waals surface area (Å²) in [4.78, 5) is 4.05. The summed E-state index contributed by atoms with van der Waals surface area (Å²) >= 11 is 0. The third-order valence-electron chi connectivity index (χ3n) is 1.62. The van der Waals surface area contributed by atoms with Gasteiger partial charge in [-0.3, -0.25) is 4.99 Å². The fourth-order valence-electron chi connectivity index (χ4n) is 0.724. The van der Waals surface area contributed by atoms with Crippen molar-refractivity contribution in [3.63, 3.8) is 0 Å². The Kier molecular flexibility index (Phi) is 1.41. The van der Waals surface area contributed by atoms with E-state index in [4.69, 9.17) is 5.73 Å². The zero-order valence-corrected chi connectivity index (χ0v) is 5.83. The maximum atomic E-state index is 5.66. The Hall–Kier alpha value is -0.630. The predicted octanol–water partition coefficient (Wildman–Crippen LogP) is 0.938. The van der Waals surface area contributed by atoms with Crippen molar-refractivity contribution in [1.82, 2.24) is 0 Å². The first kappa shape index (κ1) is 6.49. The highest BCUT2D eigenvalue weighted by molar-refractivity contribution is 5.72. The van der Waals surface area contributed by atoms with E-state index in [9.17, 15) is 0 Å². The van der Waals surface area contributed by atoms with Crippen molar-refractivity contribution >= 4 is 6.21 Å². The van der Waals surface area contributed by atoms with E-state index in [-0.39, 0.29) is 11.6 Å². The zero-order valence-electron chi connectivity index (χ0n) is 5.83. The van der Waals surface area contributed by atoms with Crippen LogP contribution in [0.5, 0.6) is 0 Å². The van der Waals surface area contributed by atoms with Gasteiger partial charge in [-0.15, -0.1) is 0 Å². The first-order valence-electron chi connectivity index (χ1n) is 3.09. The summed E-state index contributed by atoms with van der Waals surface area (Å²) in [6.07, 6.45) is 5.69. The van der Waals surface area contributed by atoms with Crippen molar-refractivity contribution in [2.24, 2.45) is 16.1 Å². The van der Waals surface area contributed by atoms with E-state index < -0.39 is 0 Å². The molecule has 0 amide bonds. The van der Waals surface area contributed by atoms with Crippen LogP contribution < -0.4 is 5.73 Å². The van der Waals surface area contributed by atoms with Gasteiger partial charge in [0.15, 0.2) is 0 Å². The number of aliphatic imine (C=N–C) groups is 1. The lowest BCUT2D eigenvalue weighted by Crippen LogP contribution is -2.35. The Bertz CT molecular complexity index is 156. The van der Waals surface area contributed by atoms with Crippen LogP contribution in [-0.4, -0.2) is 12.4 Å². The number of hydrogen-bond acceptors (Lipinski definition) is 2. The minimum absolute atomic E-state index is 0.0365. The van der Waals surface area contributed by atoms with Crippen molar-refractivity contribution < 1.29 is 0 Å². The summed E-state index contributed by atoms with van der Waals surface area (Å²) in [5.41, 5.74) is 5.70. The highest BCUT2D eigenvalue weighted by Crippen LogP contribution is 2.23. The number of nitrogens with two attached hydrogens (primary N) is 1. The molecule has 0 aromatic carbocycles. The van der Waals surface area contributed by atoms with Crippen molar-refractivity contribution in [1.29, 1.82) is 0 Å². The van der Waals surface area contributed by atoms with E-state index in [1.54, 1.807) is 6.21 Å². The maximum Gasteiger partial charge on any atom is 0.106 e. The van der Waals surface area contributed by atoms with Gasteiger partial charge in [0.05, 0.1) is 0 Å². The molecule has 0 fully saturated rings. The molecule has 0 spiro atoms. The predicted molar refractivity (Wildman–Crippen MR) is 39.4 cm³/mol. The monoisotopic (exact) mass is 124 g/mol. The smallest absolute Gasteiger partial charge is 0.106 e. The fraction of sp³-hybridized carbons (Fsp3) is 0.571. The Labute approximate surface area is 55.5 Å². The molecule has 0 radical (unpaired) electrons. The van der Waals surface area contributed by atoms with Crippen molar-refractivity contribution in [2.75, 3.05) is 0 Å². The number of hydrogen-bond donors (Lipinski definition) is 1. The van der Waals surface area contributed by atoms with E-state index in [0.29, 0.717) is 0 Å². The average Bonchev–Trinajstić information content (AvgIpc) is 1.77. The van der Waals surface area contributed by atoms with Crippen LogP contribution in [0.3, 0.4) is 0 Å². The summed E-state index contributed by atoms with van der Waals surface area (Å²) in [6.45, 7) is 4.15. The van der Waals surface area contributed by atoms with Gasteiger partial charge in [0.1, 0.15) is 6.17 Å². The van der Waals surface area contributed by atoms with E-state index in [1.165, 1.54) is 0 Å². The molecule has 2 N–H and O–H groups in total. The van der Waals surface area contributed by atoms with Crippen LogP contribution in [0.4, 0.5) is 0 Å². The van der Waals surface area contributed by atoms with Gasteiger partial charge in [-0.05, 0) is 6.08 Å². The molecule has 1 heterocycles. The van der Waals surface area contributed by atoms with E-state index >= 15 is 0 Å². The third kappa shape index (κ3) is 1.19. The second-order valence-corrected chi connectivity index (χ2v) is 2.92. The average molecular weight is 124 g/mol. The molecule has 1 aliphatic rings. The molecule has 9 heavy (non-hydrogen) atoms. The normalized spacial score (nSPS) is 30.8. The number of dihydropyridines is 1. The molecule has 1 unspecified atom stereocenters. The topological polar surface area (TPSA) is 38.4 Å². The van der Waals surface area contributed by atoms with Crippen LogP contribution >= 0.6 is 0 Å². The molecule has 0 aliphatic carbocycles. The van der Waals surface area contributed by atoms with Gasteiger partial charge in [0.25, 0.3) is 0 Å². The van der Waals surface area contributed by atoms with Gasteiger partial charge >= 0.3 is 0 Å². The Morgan fingerprint density at radius 1 is 1.56 bits per heavy atom. The van der Waals surface area contributed by atoms with Gasteiger partial charge in [-0.2, -0.15) is 0 Å². The van der Waals surface area contributed by atoms with Crippen molar-refractivity contribution in [2.45, 2.75) is 20.0 Å². The summed E-state index contributed by atoms with van der Waals surface area (Å²) in [5, 5.41) is 0. The fourth-order valence-corrected chi connectivity index (χ4v) is 0.724. The molecule has 0 aromatic heterocycles. The first-order chi connectivity index (χ1) is 4.13. The minimum Gasteiger partial charge on any atom is -0.309 e. The van der Waals surface area contributed by atoms with Crippen molar-refractivity contribution in [3.8, 4) is 0 Å². The molecular weight excluding hydrogens is 112 g/mol. The summed E-state index contributed by atoms with van der Waals surface area (Å²) in [7, 11) is 0. The largest absolute Gasteiger partial charge is 0.309 e. The molecule has 1 aliphatic heterocycles. The number of nitrogens with zero attached hydrogens (tertiary/aromatic N) is 1. The summed E-state index contributed by atoms with van der Waals surface area (Å²) < 4.78 is 0. The first-order valence-corrected chi connectivity index (χ1v) is 3.09. The molecular formula is C7H12N2. The van der Waals surface area contributed by atoms with E-state index in [1.807, 2.05) is 6.08 Å². The van der Waals surface area contributed by atoms with Gasteiger partial charge in [-0.25, -0.2) is 0 Å². The molecule has 2 heteroatoms. The lowest BCUT2D eigenvalue weighted by Gasteiger charge is -2.26.